The third-order valence-corrected chi connectivity index (χ3v) is 4.74. The summed E-state index contributed by atoms with van der Waals surface area (Å²) in [5.41, 5.74) is 1.75. The first-order valence-corrected chi connectivity index (χ1v) is 8.25. The summed E-state index contributed by atoms with van der Waals surface area (Å²) in [5.74, 6) is -0.348. The Hall–Kier alpha value is -1.84. The molecule has 3 rings (SSSR count). The van der Waals surface area contributed by atoms with Gasteiger partial charge in [-0.3, -0.25) is 0 Å². The molecule has 0 atom stereocenters. The zero-order chi connectivity index (χ0) is 16.3. The van der Waals surface area contributed by atoms with E-state index in [1.54, 1.807) is 6.07 Å². The van der Waals surface area contributed by atoms with Crippen molar-refractivity contribution in [2.45, 2.75) is 25.4 Å². The Labute approximate surface area is 141 Å². The van der Waals surface area contributed by atoms with E-state index in [4.69, 9.17) is 16.3 Å². The van der Waals surface area contributed by atoms with Gasteiger partial charge in [-0.1, -0.05) is 54.1 Å². The van der Waals surface area contributed by atoms with Crippen LogP contribution in [0.5, 0.6) is 0 Å². The molecule has 4 heteroatoms. The molecule has 2 aromatic carbocycles. The van der Waals surface area contributed by atoms with Crippen molar-refractivity contribution in [3.8, 4) is 0 Å². The number of ether oxygens (including phenoxy) is 1. The van der Waals surface area contributed by atoms with Crippen molar-refractivity contribution in [3.05, 3.63) is 70.2 Å². The standard InChI is InChI=1S/C19H20ClNO2/c1-14-6-5-9-16(20)17(14)18(22)23-19(10-12-21-13-11-19)15-7-3-2-4-8-15/h2-9,21H,10-13H2,1H3. The highest BCUT2D eigenvalue weighted by Gasteiger charge is 2.38. The molecular weight excluding hydrogens is 310 g/mol. The monoisotopic (exact) mass is 329 g/mol. The third kappa shape index (κ3) is 3.26. The number of aryl methyl sites for hydroxylation is 1. The van der Waals surface area contributed by atoms with E-state index in [-0.39, 0.29) is 5.97 Å². The van der Waals surface area contributed by atoms with E-state index < -0.39 is 5.60 Å². The normalized spacial score (nSPS) is 16.8. The molecule has 1 fully saturated rings. The summed E-state index contributed by atoms with van der Waals surface area (Å²) in [7, 11) is 0. The number of hydrogen-bond donors (Lipinski definition) is 1. The quantitative estimate of drug-likeness (QED) is 0.862. The molecule has 0 bridgehead atoms. The van der Waals surface area contributed by atoms with E-state index >= 15 is 0 Å². The van der Waals surface area contributed by atoms with Crippen molar-refractivity contribution >= 4 is 17.6 Å². The Bertz CT molecular complexity index is 674. The number of nitrogens with one attached hydrogen (secondary N) is 1. The van der Waals surface area contributed by atoms with Gasteiger partial charge in [0.25, 0.3) is 0 Å². The number of carbonyl (C=O) groups excluding carboxylic acids is 1. The van der Waals surface area contributed by atoms with Crippen LogP contribution in [0.2, 0.25) is 5.02 Å². The summed E-state index contributed by atoms with van der Waals surface area (Å²) >= 11 is 6.22. The highest BCUT2D eigenvalue weighted by Crippen LogP contribution is 2.36. The molecule has 1 N–H and O–H groups in total. The number of rotatable bonds is 3. The van der Waals surface area contributed by atoms with Crippen molar-refractivity contribution in [3.63, 3.8) is 0 Å². The van der Waals surface area contributed by atoms with Gasteiger partial charge in [0.2, 0.25) is 0 Å². The molecular formula is C19H20ClNO2. The van der Waals surface area contributed by atoms with Gasteiger partial charge >= 0.3 is 5.97 Å². The van der Waals surface area contributed by atoms with Gasteiger partial charge in [0.05, 0.1) is 10.6 Å². The van der Waals surface area contributed by atoms with Crippen molar-refractivity contribution < 1.29 is 9.53 Å². The molecule has 120 valence electrons. The molecule has 3 nitrogen and oxygen atoms in total. The summed E-state index contributed by atoms with van der Waals surface area (Å²) in [5, 5.41) is 3.76. The maximum atomic E-state index is 12.8. The van der Waals surface area contributed by atoms with Crippen molar-refractivity contribution in [2.75, 3.05) is 13.1 Å². The first kappa shape index (κ1) is 16.0. The molecule has 0 aromatic heterocycles. The molecule has 0 amide bonds. The SMILES string of the molecule is Cc1cccc(Cl)c1C(=O)OC1(c2ccccc2)CCNCC1. The number of esters is 1. The second-order valence-corrected chi connectivity index (χ2v) is 6.34. The Kier molecular flexibility index (Phi) is 4.69. The smallest absolute Gasteiger partial charge is 0.340 e. The number of benzene rings is 2. The number of carbonyl (C=O) groups is 1. The lowest BCUT2D eigenvalue weighted by Gasteiger charge is -2.37. The fourth-order valence-corrected chi connectivity index (χ4v) is 3.44. The van der Waals surface area contributed by atoms with Crippen LogP contribution in [0.3, 0.4) is 0 Å². The highest BCUT2D eigenvalue weighted by atomic mass is 35.5. The fourth-order valence-electron chi connectivity index (χ4n) is 3.14. The summed E-state index contributed by atoms with van der Waals surface area (Å²) in [4.78, 5) is 12.8. The van der Waals surface area contributed by atoms with Gasteiger partial charge in [0.1, 0.15) is 5.60 Å². The van der Waals surface area contributed by atoms with Gasteiger partial charge in [-0.15, -0.1) is 0 Å². The molecule has 23 heavy (non-hydrogen) atoms. The molecule has 2 aromatic rings. The van der Waals surface area contributed by atoms with Crippen molar-refractivity contribution in [1.29, 1.82) is 0 Å². The average molecular weight is 330 g/mol. The van der Waals surface area contributed by atoms with E-state index in [1.165, 1.54) is 0 Å². The molecule has 1 saturated heterocycles. The Balaban J connectivity index is 1.95. The maximum Gasteiger partial charge on any atom is 0.340 e. The Morgan fingerprint density at radius 2 is 1.78 bits per heavy atom. The van der Waals surface area contributed by atoms with Crippen LogP contribution in [0.4, 0.5) is 0 Å². The molecule has 1 aliphatic rings. The predicted octanol–water partition coefficient (Wildman–Crippen LogP) is 4.08. The molecule has 0 saturated carbocycles. The first-order valence-electron chi connectivity index (χ1n) is 7.87. The van der Waals surface area contributed by atoms with Crippen molar-refractivity contribution in [2.24, 2.45) is 0 Å². The zero-order valence-corrected chi connectivity index (χ0v) is 13.9. The Morgan fingerprint density at radius 1 is 1.09 bits per heavy atom. The number of hydrogen-bond acceptors (Lipinski definition) is 3. The number of piperidine rings is 1. The molecule has 0 radical (unpaired) electrons. The first-order chi connectivity index (χ1) is 11.1. The molecule has 1 aliphatic heterocycles. The van der Waals surface area contributed by atoms with Crippen LogP contribution in [0, 0.1) is 6.92 Å². The van der Waals surface area contributed by atoms with E-state index in [0.717, 1.165) is 37.1 Å². The lowest BCUT2D eigenvalue weighted by molar-refractivity contribution is -0.0378. The van der Waals surface area contributed by atoms with E-state index in [2.05, 4.69) is 5.32 Å². The van der Waals surface area contributed by atoms with Gasteiger partial charge in [0, 0.05) is 12.8 Å². The molecule has 0 spiro atoms. The average Bonchev–Trinajstić information content (AvgIpc) is 2.56. The van der Waals surface area contributed by atoms with Crippen LogP contribution in [0.25, 0.3) is 0 Å². The second-order valence-electron chi connectivity index (χ2n) is 5.93. The summed E-state index contributed by atoms with van der Waals surface area (Å²) in [6.45, 7) is 3.52. The van der Waals surface area contributed by atoms with Crippen LogP contribution in [-0.4, -0.2) is 19.1 Å². The molecule has 1 heterocycles. The van der Waals surface area contributed by atoms with Crippen LogP contribution in [0.1, 0.15) is 34.3 Å². The number of halogens is 1. The third-order valence-electron chi connectivity index (χ3n) is 4.43. The topological polar surface area (TPSA) is 38.3 Å². The van der Waals surface area contributed by atoms with Crippen LogP contribution in [-0.2, 0) is 10.3 Å². The van der Waals surface area contributed by atoms with E-state index in [9.17, 15) is 4.79 Å². The minimum atomic E-state index is -0.588. The molecule has 0 unspecified atom stereocenters. The van der Waals surface area contributed by atoms with Gasteiger partial charge in [0.15, 0.2) is 0 Å². The van der Waals surface area contributed by atoms with Crippen LogP contribution < -0.4 is 5.32 Å². The van der Waals surface area contributed by atoms with E-state index in [0.29, 0.717) is 10.6 Å². The lowest BCUT2D eigenvalue weighted by atomic mass is 9.84. The minimum Gasteiger partial charge on any atom is -0.450 e. The zero-order valence-electron chi connectivity index (χ0n) is 13.1. The Morgan fingerprint density at radius 3 is 2.43 bits per heavy atom. The van der Waals surface area contributed by atoms with E-state index in [1.807, 2.05) is 49.4 Å². The minimum absolute atomic E-state index is 0.348. The van der Waals surface area contributed by atoms with Gasteiger partial charge in [-0.05, 0) is 37.2 Å². The largest absolute Gasteiger partial charge is 0.450 e. The maximum absolute atomic E-state index is 12.8. The fraction of sp³-hybridized carbons (Fsp3) is 0.316. The van der Waals surface area contributed by atoms with Gasteiger partial charge in [-0.25, -0.2) is 4.79 Å². The van der Waals surface area contributed by atoms with Gasteiger partial charge < -0.3 is 10.1 Å². The summed E-state index contributed by atoms with van der Waals surface area (Å²) < 4.78 is 6.05. The molecule has 0 aliphatic carbocycles. The summed E-state index contributed by atoms with van der Waals surface area (Å²) in [6, 6.07) is 15.4. The lowest BCUT2D eigenvalue weighted by Crippen LogP contribution is -2.43. The second kappa shape index (κ2) is 6.73. The van der Waals surface area contributed by atoms with Crippen LogP contribution >= 0.6 is 11.6 Å². The summed E-state index contributed by atoms with van der Waals surface area (Å²) in [6.07, 6.45) is 1.51. The highest BCUT2D eigenvalue weighted by molar-refractivity contribution is 6.33. The van der Waals surface area contributed by atoms with Gasteiger partial charge in [-0.2, -0.15) is 0 Å². The van der Waals surface area contributed by atoms with Crippen molar-refractivity contribution in [1.82, 2.24) is 5.32 Å². The predicted molar refractivity (Wildman–Crippen MR) is 91.8 cm³/mol. The van der Waals surface area contributed by atoms with Crippen LogP contribution in [0.15, 0.2) is 48.5 Å².